The maximum absolute atomic E-state index is 10.7. The fraction of sp³-hybridized carbons (Fsp3) is 0.385. The molecule has 1 aromatic rings. The first-order valence-electron chi connectivity index (χ1n) is 6.03. The molecule has 1 fully saturated rings. The van der Waals surface area contributed by atoms with E-state index in [-0.39, 0.29) is 5.69 Å². The molecular weight excluding hydrogens is 312 g/mol. The zero-order valence-electron chi connectivity index (χ0n) is 10.4. The van der Waals surface area contributed by atoms with E-state index in [4.69, 9.17) is 4.74 Å². The van der Waals surface area contributed by atoms with Gasteiger partial charge in [-0.1, -0.05) is 6.58 Å². The number of ether oxygens (including phenoxy) is 1. The molecule has 0 bridgehead atoms. The van der Waals surface area contributed by atoms with Gasteiger partial charge in [0.05, 0.1) is 15.5 Å². The number of benzene rings is 1. The molecule has 0 aromatic heterocycles. The second kappa shape index (κ2) is 6.16. The summed E-state index contributed by atoms with van der Waals surface area (Å²) in [5, 5.41) is 14.0. The van der Waals surface area contributed by atoms with Crippen LogP contribution in [0.3, 0.4) is 0 Å². The van der Waals surface area contributed by atoms with E-state index in [1.54, 1.807) is 6.07 Å². The van der Waals surface area contributed by atoms with Crippen LogP contribution >= 0.6 is 15.9 Å². The topological polar surface area (TPSA) is 64.4 Å². The second-order valence-corrected chi connectivity index (χ2v) is 5.42. The first-order chi connectivity index (χ1) is 9.06. The lowest BCUT2D eigenvalue weighted by Crippen LogP contribution is -2.21. The standard InChI is InChI=1S/C13H15BrN2O3/c1-9(7-15-10-2-3-10)8-19-13-6-11(16(17)18)4-5-12(13)14/h4-6,10,15H,1-3,7-8H2. The van der Waals surface area contributed by atoms with E-state index >= 15 is 0 Å². The number of nitrogens with one attached hydrogen (secondary N) is 1. The summed E-state index contributed by atoms with van der Waals surface area (Å²) < 4.78 is 6.25. The van der Waals surface area contributed by atoms with Crippen LogP contribution in [0.2, 0.25) is 0 Å². The third-order valence-electron chi connectivity index (χ3n) is 2.78. The molecule has 0 aliphatic heterocycles. The van der Waals surface area contributed by atoms with Gasteiger partial charge in [0.25, 0.3) is 5.69 Å². The van der Waals surface area contributed by atoms with E-state index in [0.717, 1.165) is 12.1 Å². The Morgan fingerprint density at radius 2 is 2.32 bits per heavy atom. The smallest absolute Gasteiger partial charge is 0.273 e. The highest BCUT2D eigenvalue weighted by molar-refractivity contribution is 9.10. The van der Waals surface area contributed by atoms with Gasteiger partial charge in [-0.15, -0.1) is 0 Å². The van der Waals surface area contributed by atoms with Crippen LogP contribution < -0.4 is 10.1 Å². The van der Waals surface area contributed by atoms with Crippen molar-refractivity contribution in [2.45, 2.75) is 18.9 Å². The van der Waals surface area contributed by atoms with Crippen molar-refractivity contribution < 1.29 is 9.66 Å². The van der Waals surface area contributed by atoms with Gasteiger partial charge < -0.3 is 10.1 Å². The summed E-state index contributed by atoms with van der Waals surface area (Å²) in [6.07, 6.45) is 2.45. The van der Waals surface area contributed by atoms with E-state index in [2.05, 4.69) is 27.8 Å². The van der Waals surface area contributed by atoms with Crippen molar-refractivity contribution >= 4 is 21.6 Å². The molecule has 0 heterocycles. The van der Waals surface area contributed by atoms with Crippen molar-refractivity contribution in [2.75, 3.05) is 13.2 Å². The summed E-state index contributed by atoms with van der Waals surface area (Å²) >= 11 is 3.31. The normalized spacial score (nSPS) is 14.2. The number of nitro benzene ring substituents is 1. The number of non-ortho nitro benzene ring substituents is 1. The number of nitro groups is 1. The summed E-state index contributed by atoms with van der Waals surface area (Å²) in [6, 6.07) is 5.08. The van der Waals surface area contributed by atoms with Gasteiger partial charge >= 0.3 is 0 Å². The van der Waals surface area contributed by atoms with Gasteiger partial charge in [0.1, 0.15) is 12.4 Å². The van der Waals surface area contributed by atoms with Crippen molar-refractivity contribution in [3.8, 4) is 5.75 Å². The minimum absolute atomic E-state index is 0.0138. The fourth-order valence-electron chi connectivity index (χ4n) is 1.52. The van der Waals surface area contributed by atoms with Gasteiger partial charge in [-0.3, -0.25) is 10.1 Å². The van der Waals surface area contributed by atoms with Crippen LogP contribution in [0, 0.1) is 10.1 Å². The van der Waals surface area contributed by atoms with Crippen LogP contribution in [0.5, 0.6) is 5.75 Å². The molecule has 5 nitrogen and oxygen atoms in total. The number of hydrogen-bond acceptors (Lipinski definition) is 4. The van der Waals surface area contributed by atoms with E-state index in [1.165, 1.54) is 25.0 Å². The molecule has 0 unspecified atom stereocenters. The lowest BCUT2D eigenvalue weighted by Gasteiger charge is -2.10. The van der Waals surface area contributed by atoms with E-state index in [9.17, 15) is 10.1 Å². The van der Waals surface area contributed by atoms with Crippen LogP contribution in [0.1, 0.15) is 12.8 Å². The highest BCUT2D eigenvalue weighted by Crippen LogP contribution is 2.29. The number of halogens is 1. The molecule has 0 atom stereocenters. The Morgan fingerprint density at radius 1 is 1.58 bits per heavy atom. The van der Waals surface area contributed by atoms with Crippen LogP contribution in [-0.4, -0.2) is 24.1 Å². The molecule has 19 heavy (non-hydrogen) atoms. The molecule has 0 amide bonds. The van der Waals surface area contributed by atoms with Gasteiger partial charge in [-0.05, 0) is 40.4 Å². The van der Waals surface area contributed by atoms with Crippen molar-refractivity contribution in [3.05, 3.63) is 44.9 Å². The summed E-state index contributed by atoms with van der Waals surface area (Å²) in [4.78, 5) is 10.3. The van der Waals surface area contributed by atoms with E-state index in [0.29, 0.717) is 22.9 Å². The van der Waals surface area contributed by atoms with Crippen LogP contribution in [0.15, 0.2) is 34.8 Å². The number of nitrogens with zero attached hydrogens (tertiary/aromatic N) is 1. The highest BCUT2D eigenvalue weighted by atomic mass is 79.9. The average Bonchev–Trinajstić information content (AvgIpc) is 3.19. The van der Waals surface area contributed by atoms with Gasteiger partial charge in [0.15, 0.2) is 0 Å². The Bertz CT molecular complexity index is 501. The molecule has 1 aliphatic carbocycles. The molecule has 0 spiro atoms. The zero-order chi connectivity index (χ0) is 13.8. The van der Waals surface area contributed by atoms with Crippen molar-refractivity contribution in [1.29, 1.82) is 0 Å². The quantitative estimate of drug-likeness (QED) is 0.475. The Hall–Kier alpha value is -1.40. The van der Waals surface area contributed by atoms with Gasteiger partial charge in [-0.25, -0.2) is 0 Å². The summed E-state index contributed by atoms with van der Waals surface area (Å²) in [5.41, 5.74) is 0.935. The maximum Gasteiger partial charge on any atom is 0.273 e. The molecule has 102 valence electrons. The van der Waals surface area contributed by atoms with E-state index in [1.807, 2.05) is 0 Å². The predicted molar refractivity (Wildman–Crippen MR) is 76.5 cm³/mol. The largest absolute Gasteiger partial charge is 0.488 e. The number of rotatable bonds is 7. The van der Waals surface area contributed by atoms with Crippen molar-refractivity contribution in [3.63, 3.8) is 0 Å². The van der Waals surface area contributed by atoms with Crippen LogP contribution in [0.4, 0.5) is 5.69 Å². The summed E-state index contributed by atoms with van der Waals surface area (Å²) in [6.45, 7) is 4.99. The monoisotopic (exact) mass is 326 g/mol. The van der Waals surface area contributed by atoms with Gasteiger partial charge in [0.2, 0.25) is 0 Å². The third kappa shape index (κ3) is 4.33. The molecule has 6 heteroatoms. The average molecular weight is 327 g/mol. The van der Waals surface area contributed by atoms with E-state index < -0.39 is 4.92 Å². The molecule has 1 saturated carbocycles. The summed E-state index contributed by atoms with van der Waals surface area (Å²) in [5.74, 6) is 0.460. The molecule has 0 saturated heterocycles. The second-order valence-electron chi connectivity index (χ2n) is 4.57. The Kier molecular flexibility index (Phi) is 4.55. The zero-order valence-corrected chi connectivity index (χ0v) is 12.0. The summed E-state index contributed by atoms with van der Waals surface area (Å²) in [7, 11) is 0. The lowest BCUT2D eigenvalue weighted by atomic mass is 10.3. The minimum atomic E-state index is -0.442. The van der Waals surface area contributed by atoms with Crippen molar-refractivity contribution in [2.24, 2.45) is 0 Å². The first-order valence-corrected chi connectivity index (χ1v) is 6.82. The predicted octanol–water partition coefficient (Wildman–Crippen LogP) is 3.04. The Balaban J connectivity index is 1.88. The third-order valence-corrected chi connectivity index (χ3v) is 3.43. The SMILES string of the molecule is C=C(CNC1CC1)COc1cc([N+](=O)[O-])ccc1Br. The fourth-order valence-corrected chi connectivity index (χ4v) is 1.88. The molecular formula is C13H15BrN2O3. The first kappa shape index (κ1) is 14.0. The van der Waals surface area contributed by atoms with Gasteiger partial charge in [0, 0.05) is 18.7 Å². The molecule has 1 aromatic carbocycles. The lowest BCUT2D eigenvalue weighted by molar-refractivity contribution is -0.384. The minimum Gasteiger partial charge on any atom is -0.488 e. The maximum atomic E-state index is 10.7. The molecule has 0 radical (unpaired) electrons. The van der Waals surface area contributed by atoms with Crippen molar-refractivity contribution in [1.82, 2.24) is 5.32 Å². The van der Waals surface area contributed by atoms with Crippen LogP contribution in [-0.2, 0) is 0 Å². The molecule has 1 aliphatic rings. The van der Waals surface area contributed by atoms with Gasteiger partial charge in [-0.2, -0.15) is 0 Å². The Morgan fingerprint density at radius 3 is 2.95 bits per heavy atom. The molecule has 2 rings (SSSR count). The highest BCUT2D eigenvalue weighted by Gasteiger charge is 2.20. The molecule has 1 N–H and O–H groups in total. The Labute approximate surface area is 119 Å². The van der Waals surface area contributed by atoms with Crippen LogP contribution in [0.25, 0.3) is 0 Å². The number of hydrogen-bond donors (Lipinski definition) is 1.